The van der Waals surface area contributed by atoms with Crippen LogP contribution in [-0.2, 0) is 25.8 Å². The van der Waals surface area contributed by atoms with Crippen molar-refractivity contribution in [3.8, 4) is 0 Å². The number of unbranched alkanes of at least 4 members (excludes halogenated alkanes) is 2. The van der Waals surface area contributed by atoms with E-state index < -0.39 is 14.6 Å². The lowest BCUT2D eigenvalue weighted by molar-refractivity contribution is -0.119. The highest BCUT2D eigenvalue weighted by Crippen LogP contribution is 2.20. The van der Waals surface area contributed by atoms with E-state index in [9.17, 15) is 18.0 Å². The van der Waals surface area contributed by atoms with E-state index in [0.29, 0.717) is 37.9 Å². The van der Waals surface area contributed by atoms with Crippen LogP contribution in [0.5, 0.6) is 0 Å². The first-order valence-electron chi connectivity index (χ1n) is 10.2. The molecule has 0 aromatic heterocycles. The van der Waals surface area contributed by atoms with E-state index >= 15 is 0 Å². The van der Waals surface area contributed by atoms with Crippen molar-refractivity contribution in [1.82, 2.24) is 0 Å². The standard InChI is InChI=1S/C22H33NO4S/c1-22(2,3)28(26,27)16-6-4-5-7-21(25)17-18-8-10-19(11-9-18)23-14-12-20(24)13-15-23/h8-11H,4-7,12-17H2,1-3H3. The zero-order valence-electron chi connectivity index (χ0n) is 17.4. The van der Waals surface area contributed by atoms with Crippen LogP contribution in [0, 0.1) is 0 Å². The summed E-state index contributed by atoms with van der Waals surface area (Å²) in [6.45, 7) is 6.70. The molecule has 0 radical (unpaired) electrons. The van der Waals surface area contributed by atoms with Crippen molar-refractivity contribution in [2.24, 2.45) is 0 Å². The van der Waals surface area contributed by atoms with Gasteiger partial charge >= 0.3 is 0 Å². The molecule has 0 unspecified atom stereocenters. The fraction of sp³-hybridized carbons (Fsp3) is 0.636. The number of hydrogen-bond acceptors (Lipinski definition) is 5. The normalized spacial score (nSPS) is 15.7. The van der Waals surface area contributed by atoms with Crippen LogP contribution in [0.4, 0.5) is 5.69 Å². The van der Waals surface area contributed by atoms with Crippen molar-refractivity contribution in [3.63, 3.8) is 0 Å². The maximum atomic E-state index is 12.2. The minimum absolute atomic E-state index is 0.189. The average Bonchev–Trinajstić information content (AvgIpc) is 2.62. The second-order valence-corrected chi connectivity index (χ2v) is 11.5. The number of benzene rings is 1. The number of ketones is 2. The van der Waals surface area contributed by atoms with Crippen molar-refractivity contribution in [2.45, 2.75) is 70.5 Å². The van der Waals surface area contributed by atoms with Crippen LogP contribution in [0.1, 0.15) is 64.9 Å². The molecule has 6 heteroatoms. The van der Waals surface area contributed by atoms with Crippen molar-refractivity contribution in [3.05, 3.63) is 29.8 Å². The van der Waals surface area contributed by atoms with Gasteiger partial charge in [0.15, 0.2) is 9.84 Å². The number of piperidine rings is 1. The van der Waals surface area contributed by atoms with Crippen molar-refractivity contribution in [2.75, 3.05) is 23.7 Å². The summed E-state index contributed by atoms with van der Waals surface area (Å²) in [6, 6.07) is 8.02. The van der Waals surface area contributed by atoms with E-state index in [1.807, 2.05) is 24.3 Å². The summed E-state index contributed by atoms with van der Waals surface area (Å²) >= 11 is 0. The molecule has 1 heterocycles. The van der Waals surface area contributed by atoms with Gasteiger partial charge in [-0.05, 0) is 51.3 Å². The van der Waals surface area contributed by atoms with Gasteiger partial charge in [-0.3, -0.25) is 9.59 Å². The van der Waals surface area contributed by atoms with Crippen LogP contribution in [-0.4, -0.2) is 43.6 Å². The Morgan fingerprint density at radius 3 is 2.18 bits per heavy atom. The van der Waals surface area contributed by atoms with Gasteiger partial charge in [-0.1, -0.05) is 18.6 Å². The molecule has 156 valence electrons. The van der Waals surface area contributed by atoms with Crippen LogP contribution < -0.4 is 4.90 Å². The number of nitrogens with zero attached hydrogens (tertiary/aromatic N) is 1. The maximum absolute atomic E-state index is 12.2. The molecule has 0 N–H and O–H groups in total. The summed E-state index contributed by atoms with van der Waals surface area (Å²) in [5.74, 6) is 0.707. The lowest BCUT2D eigenvalue weighted by atomic mass is 10.0. The number of carbonyl (C=O) groups excluding carboxylic acids is 2. The minimum Gasteiger partial charge on any atom is -0.371 e. The molecule has 1 saturated heterocycles. The summed E-state index contributed by atoms with van der Waals surface area (Å²) in [5, 5.41) is 0. The van der Waals surface area contributed by atoms with Gasteiger partial charge in [0, 0.05) is 44.5 Å². The molecule has 5 nitrogen and oxygen atoms in total. The molecule has 0 aliphatic carbocycles. The maximum Gasteiger partial charge on any atom is 0.155 e. The van der Waals surface area contributed by atoms with Gasteiger partial charge in [0.25, 0.3) is 0 Å². The summed E-state index contributed by atoms with van der Waals surface area (Å²) in [6.07, 6.45) is 4.23. The van der Waals surface area contributed by atoms with Crippen molar-refractivity contribution in [1.29, 1.82) is 0 Å². The van der Waals surface area contributed by atoms with Crippen LogP contribution in [0.25, 0.3) is 0 Å². The van der Waals surface area contributed by atoms with Crippen molar-refractivity contribution >= 4 is 27.1 Å². The van der Waals surface area contributed by atoms with E-state index in [2.05, 4.69) is 4.90 Å². The molecule has 1 aromatic rings. The molecule has 1 aliphatic heterocycles. The number of carbonyl (C=O) groups is 2. The van der Waals surface area contributed by atoms with E-state index in [1.165, 1.54) is 0 Å². The summed E-state index contributed by atoms with van der Waals surface area (Å²) in [4.78, 5) is 25.7. The highest BCUT2D eigenvalue weighted by Gasteiger charge is 2.27. The Bertz CT molecular complexity index is 766. The lowest BCUT2D eigenvalue weighted by Gasteiger charge is -2.28. The Morgan fingerprint density at radius 2 is 1.61 bits per heavy atom. The Kier molecular flexibility index (Phi) is 7.81. The minimum atomic E-state index is -3.07. The first-order chi connectivity index (χ1) is 13.1. The third-order valence-corrected chi connectivity index (χ3v) is 8.02. The quantitative estimate of drug-likeness (QED) is 0.583. The highest BCUT2D eigenvalue weighted by atomic mass is 32.2. The predicted octanol–water partition coefficient (Wildman–Crippen LogP) is 3.74. The van der Waals surface area contributed by atoms with Gasteiger partial charge in [0.05, 0.1) is 10.5 Å². The number of sulfone groups is 1. The van der Waals surface area contributed by atoms with Gasteiger partial charge in [-0.15, -0.1) is 0 Å². The molecule has 2 rings (SSSR count). The molecule has 0 amide bonds. The first kappa shape index (κ1) is 22.6. The summed E-state index contributed by atoms with van der Waals surface area (Å²) in [7, 11) is -3.07. The monoisotopic (exact) mass is 407 g/mol. The van der Waals surface area contributed by atoms with E-state index in [-0.39, 0.29) is 11.5 Å². The van der Waals surface area contributed by atoms with E-state index in [0.717, 1.165) is 37.2 Å². The lowest BCUT2D eigenvalue weighted by Crippen LogP contribution is -2.33. The third kappa shape index (κ3) is 6.73. The van der Waals surface area contributed by atoms with Gasteiger partial charge in [-0.2, -0.15) is 0 Å². The van der Waals surface area contributed by atoms with Crippen LogP contribution >= 0.6 is 0 Å². The number of hydrogen-bond donors (Lipinski definition) is 0. The van der Waals surface area contributed by atoms with Crippen LogP contribution in [0.15, 0.2) is 24.3 Å². The Balaban J connectivity index is 1.69. The molecule has 1 aliphatic rings. The van der Waals surface area contributed by atoms with Crippen LogP contribution in [0.3, 0.4) is 0 Å². The number of Topliss-reactive ketones (excluding diaryl/α,β-unsaturated/α-hetero) is 2. The van der Waals surface area contributed by atoms with Gasteiger partial charge < -0.3 is 4.90 Å². The number of rotatable bonds is 9. The smallest absolute Gasteiger partial charge is 0.155 e. The Morgan fingerprint density at radius 1 is 1.00 bits per heavy atom. The average molecular weight is 408 g/mol. The second-order valence-electron chi connectivity index (χ2n) is 8.65. The summed E-state index contributed by atoms with van der Waals surface area (Å²) in [5.41, 5.74) is 2.10. The predicted molar refractivity (Wildman–Crippen MR) is 114 cm³/mol. The van der Waals surface area contributed by atoms with Gasteiger partial charge in [0.1, 0.15) is 11.6 Å². The van der Waals surface area contributed by atoms with E-state index in [4.69, 9.17) is 0 Å². The molecule has 0 saturated carbocycles. The van der Waals surface area contributed by atoms with Crippen LogP contribution in [0.2, 0.25) is 0 Å². The molecule has 28 heavy (non-hydrogen) atoms. The topological polar surface area (TPSA) is 71.5 Å². The first-order valence-corrected chi connectivity index (χ1v) is 11.8. The molecule has 0 atom stereocenters. The fourth-order valence-electron chi connectivity index (χ4n) is 3.25. The zero-order chi connectivity index (χ0) is 20.8. The SMILES string of the molecule is CC(C)(C)S(=O)(=O)CCCCCC(=O)Cc1ccc(N2CCC(=O)CC2)cc1. The Hall–Kier alpha value is -1.69. The van der Waals surface area contributed by atoms with Gasteiger partial charge in [-0.25, -0.2) is 8.42 Å². The molecule has 0 bridgehead atoms. The van der Waals surface area contributed by atoms with Gasteiger partial charge in [0.2, 0.25) is 0 Å². The summed E-state index contributed by atoms with van der Waals surface area (Å²) < 4.78 is 23.4. The fourth-order valence-corrected chi connectivity index (χ4v) is 4.45. The Labute approximate surface area is 169 Å². The largest absolute Gasteiger partial charge is 0.371 e. The third-order valence-electron chi connectivity index (χ3n) is 5.33. The van der Waals surface area contributed by atoms with Crippen molar-refractivity contribution < 1.29 is 18.0 Å². The molecule has 1 aromatic carbocycles. The zero-order valence-corrected chi connectivity index (χ0v) is 18.2. The highest BCUT2D eigenvalue weighted by molar-refractivity contribution is 7.92. The second kappa shape index (κ2) is 9.68. The molecular weight excluding hydrogens is 374 g/mol. The van der Waals surface area contributed by atoms with E-state index in [1.54, 1.807) is 20.8 Å². The molecule has 0 spiro atoms. The number of anilines is 1. The molecule has 1 fully saturated rings. The molecular formula is C22H33NO4S.